The van der Waals surface area contributed by atoms with Crippen molar-refractivity contribution < 1.29 is 9.53 Å². The normalized spacial score (nSPS) is 12.2. The Labute approximate surface area is 153 Å². The molecule has 0 saturated heterocycles. The molecule has 1 aromatic heterocycles. The van der Waals surface area contributed by atoms with Gasteiger partial charge in [-0.25, -0.2) is 0 Å². The monoisotopic (exact) mass is 368 g/mol. The van der Waals surface area contributed by atoms with Gasteiger partial charge in [-0.2, -0.15) is 0 Å². The largest absolute Gasteiger partial charge is 0.497 e. The van der Waals surface area contributed by atoms with Crippen LogP contribution in [0.2, 0.25) is 0 Å². The molecule has 4 nitrogen and oxygen atoms in total. The Morgan fingerprint density at radius 3 is 2.38 bits per heavy atom. The SMILES string of the molecule is COc1ccc(-c2ccc(CNC(=O)[C@@H](N)C(C)(C)C)s2)cc1.Cl. The van der Waals surface area contributed by atoms with Crippen molar-refractivity contribution in [2.24, 2.45) is 11.1 Å². The van der Waals surface area contributed by atoms with Crippen LogP contribution in [-0.4, -0.2) is 19.1 Å². The van der Waals surface area contributed by atoms with Crippen LogP contribution in [0.25, 0.3) is 10.4 Å². The summed E-state index contributed by atoms with van der Waals surface area (Å²) in [4.78, 5) is 14.3. The Morgan fingerprint density at radius 2 is 1.83 bits per heavy atom. The van der Waals surface area contributed by atoms with E-state index in [0.29, 0.717) is 6.54 Å². The molecule has 2 rings (SSSR count). The molecule has 3 N–H and O–H groups in total. The first-order chi connectivity index (χ1) is 10.8. The first-order valence-corrected chi connectivity index (χ1v) is 8.39. The predicted octanol–water partition coefficient (Wildman–Crippen LogP) is 3.84. The van der Waals surface area contributed by atoms with Crippen LogP contribution in [0.15, 0.2) is 36.4 Å². The second-order valence-corrected chi connectivity index (χ2v) is 7.72. The molecule has 1 amide bonds. The van der Waals surface area contributed by atoms with E-state index in [0.717, 1.165) is 21.1 Å². The van der Waals surface area contributed by atoms with Gasteiger partial charge in [0.05, 0.1) is 19.7 Å². The lowest BCUT2D eigenvalue weighted by molar-refractivity contribution is -0.124. The van der Waals surface area contributed by atoms with E-state index in [1.165, 1.54) is 0 Å². The van der Waals surface area contributed by atoms with E-state index in [1.54, 1.807) is 18.4 Å². The maximum atomic E-state index is 12.1. The number of carbonyl (C=O) groups excluding carboxylic acids is 1. The number of amides is 1. The minimum Gasteiger partial charge on any atom is -0.497 e. The molecule has 132 valence electrons. The average molecular weight is 369 g/mol. The van der Waals surface area contributed by atoms with Gasteiger partial charge in [0, 0.05) is 9.75 Å². The fraction of sp³-hybridized carbons (Fsp3) is 0.389. The van der Waals surface area contributed by atoms with Crippen molar-refractivity contribution in [3.63, 3.8) is 0 Å². The maximum Gasteiger partial charge on any atom is 0.237 e. The maximum absolute atomic E-state index is 12.1. The van der Waals surface area contributed by atoms with Crippen molar-refractivity contribution >= 4 is 29.7 Å². The lowest BCUT2D eigenvalue weighted by atomic mass is 9.87. The van der Waals surface area contributed by atoms with Crippen LogP contribution >= 0.6 is 23.7 Å². The van der Waals surface area contributed by atoms with Crippen molar-refractivity contribution in [3.8, 4) is 16.2 Å². The second-order valence-electron chi connectivity index (χ2n) is 6.56. The molecule has 0 radical (unpaired) electrons. The Bertz CT molecular complexity index is 662. The number of nitrogens with one attached hydrogen (secondary N) is 1. The third kappa shape index (κ3) is 5.23. The molecule has 1 heterocycles. The van der Waals surface area contributed by atoms with Gasteiger partial charge in [-0.1, -0.05) is 20.8 Å². The quantitative estimate of drug-likeness (QED) is 0.842. The summed E-state index contributed by atoms with van der Waals surface area (Å²) < 4.78 is 5.17. The number of methoxy groups -OCH3 is 1. The van der Waals surface area contributed by atoms with E-state index in [2.05, 4.69) is 11.4 Å². The zero-order valence-electron chi connectivity index (χ0n) is 14.5. The number of ether oxygens (including phenoxy) is 1. The highest BCUT2D eigenvalue weighted by Gasteiger charge is 2.27. The van der Waals surface area contributed by atoms with Gasteiger partial charge in [0.25, 0.3) is 0 Å². The summed E-state index contributed by atoms with van der Waals surface area (Å²) in [7, 11) is 1.66. The number of thiophene rings is 1. The highest BCUT2D eigenvalue weighted by molar-refractivity contribution is 7.15. The minimum absolute atomic E-state index is 0. The van der Waals surface area contributed by atoms with E-state index in [9.17, 15) is 4.79 Å². The Balaban J connectivity index is 0.00000288. The Morgan fingerprint density at radius 1 is 1.21 bits per heavy atom. The van der Waals surface area contributed by atoms with Crippen molar-refractivity contribution in [1.29, 1.82) is 0 Å². The summed E-state index contributed by atoms with van der Waals surface area (Å²) in [5, 5.41) is 2.91. The summed E-state index contributed by atoms with van der Waals surface area (Å²) >= 11 is 1.66. The zero-order valence-corrected chi connectivity index (χ0v) is 16.1. The molecule has 0 aliphatic carbocycles. The first-order valence-electron chi connectivity index (χ1n) is 7.57. The van der Waals surface area contributed by atoms with Gasteiger partial charge in [-0.3, -0.25) is 4.79 Å². The van der Waals surface area contributed by atoms with Crippen molar-refractivity contribution in [3.05, 3.63) is 41.3 Å². The molecule has 0 aliphatic heterocycles. The van der Waals surface area contributed by atoms with Crippen LogP contribution in [-0.2, 0) is 11.3 Å². The molecule has 0 saturated carbocycles. The highest BCUT2D eigenvalue weighted by atomic mass is 35.5. The summed E-state index contributed by atoms with van der Waals surface area (Å²) in [5.74, 6) is 0.728. The van der Waals surface area contributed by atoms with E-state index >= 15 is 0 Å². The van der Waals surface area contributed by atoms with Crippen LogP contribution in [0.5, 0.6) is 5.75 Å². The molecular formula is C18H25ClN2O2S. The molecule has 1 atom stereocenters. The number of hydrogen-bond donors (Lipinski definition) is 2. The summed E-state index contributed by atoms with van der Waals surface area (Å²) in [6, 6.07) is 11.5. The molecule has 24 heavy (non-hydrogen) atoms. The molecule has 6 heteroatoms. The number of halogens is 1. The number of benzene rings is 1. The third-order valence-electron chi connectivity index (χ3n) is 3.69. The van der Waals surface area contributed by atoms with Gasteiger partial charge < -0.3 is 15.8 Å². The van der Waals surface area contributed by atoms with Crippen LogP contribution < -0.4 is 15.8 Å². The summed E-state index contributed by atoms with van der Waals surface area (Å²) in [5.41, 5.74) is 6.86. The fourth-order valence-electron chi connectivity index (χ4n) is 2.06. The van der Waals surface area contributed by atoms with Gasteiger partial charge in [0.2, 0.25) is 5.91 Å². The fourth-order valence-corrected chi connectivity index (χ4v) is 3.01. The van der Waals surface area contributed by atoms with Crippen LogP contribution in [0.3, 0.4) is 0 Å². The molecule has 1 aromatic carbocycles. The summed E-state index contributed by atoms with van der Waals surface area (Å²) in [6.07, 6.45) is 0. The van der Waals surface area contributed by atoms with Gasteiger partial charge in [-0.05, 0) is 47.4 Å². The van der Waals surface area contributed by atoms with E-state index in [-0.39, 0.29) is 23.7 Å². The smallest absolute Gasteiger partial charge is 0.237 e. The summed E-state index contributed by atoms with van der Waals surface area (Å²) in [6.45, 7) is 6.39. The van der Waals surface area contributed by atoms with Crippen molar-refractivity contribution in [2.75, 3.05) is 7.11 Å². The average Bonchev–Trinajstić information content (AvgIpc) is 3.00. The van der Waals surface area contributed by atoms with Crippen LogP contribution in [0.4, 0.5) is 0 Å². The lowest BCUT2D eigenvalue weighted by Gasteiger charge is -2.25. The molecule has 2 aromatic rings. The Hall–Kier alpha value is -1.56. The van der Waals surface area contributed by atoms with E-state index in [1.807, 2.05) is 51.1 Å². The van der Waals surface area contributed by atoms with Gasteiger partial charge in [0.1, 0.15) is 5.75 Å². The Kier molecular flexibility index (Phi) is 7.27. The number of hydrogen-bond acceptors (Lipinski definition) is 4. The zero-order chi connectivity index (χ0) is 17.0. The molecule has 0 fully saturated rings. The molecule has 0 aliphatic rings. The van der Waals surface area contributed by atoms with Crippen LogP contribution in [0, 0.1) is 5.41 Å². The highest BCUT2D eigenvalue weighted by Crippen LogP contribution is 2.29. The number of nitrogens with two attached hydrogens (primary N) is 1. The van der Waals surface area contributed by atoms with Gasteiger partial charge >= 0.3 is 0 Å². The number of rotatable bonds is 5. The van der Waals surface area contributed by atoms with Gasteiger partial charge in [-0.15, -0.1) is 23.7 Å². The molecule has 0 bridgehead atoms. The van der Waals surface area contributed by atoms with Gasteiger partial charge in [0.15, 0.2) is 0 Å². The first kappa shape index (κ1) is 20.5. The standard InChI is InChI=1S/C18H24N2O2S.ClH/c1-18(2,3)16(19)17(21)20-11-14-9-10-15(23-14)12-5-7-13(22-4)8-6-12;/h5-10,16H,11,19H2,1-4H3,(H,20,21);1H/t16-;/m1./s1. The number of carbonyl (C=O) groups is 1. The minimum atomic E-state index is -0.511. The topological polar surface area (TPSA) is 64.3 Å². The van der Waals surface area contributed by atoms with E-state index in [4.69, 9.17) is 10.5 Å². The molecule has 0 spiro atoms. The lowest BCUT2D eigenvalue weighted by Crippen LogP contribution is -2.48. The van der Waals surface area contributed by atoms with Crippen molar-refractivity contribution in [2.45, 2.75) is 33.4 Å². The molecular weight excluding hydrogens is 344 g/mol. The molecule has 0 unspecified atom stereocenters. The van der Waals surface area contributed by atoms with Crippen molar-refractivity contribution in [1.82, 2.24) is 5.32 Å². The van der Waals surface area contributed by atoms with Crippen LogP contribution in [0.1, 0.15) is 25.6 Å². The second kappa shape index (κ2) is 8.51. The third-order valence-corrected chi connectivity index (χ3v) is 4.82. The predicted molar refractivity (Wildman–Crippen MR) is 103 cm³/mol. The van der Waals surface area contributed by atoms with E-state index < -0.39 is 6.04 Å².